The molecule has 2 unspecified atom stereocenters. The fraction of sp³-hybridized carbons (Fsp3) is 0.667. The number of likely N-dealkylation sites (N-methyl/N-ethyl adjacent to an activating group) is 1. The zero-order valence-corrected chi connectivity index (χ0v) is 6.00. The van der Waals surface area contributed by atoms with Crippen molar-refractivity contribution in [3.63, 3.8) is 0 Å². The van der Waals surface area contributed by atoms with Crippen molar-refractivity contribution in [3.8, 4) is 0 Å². The summed E-state index contributed by atoms with van der Waals surface area (Å²) in [5.74, 6) is -0.0305. The van der Waals surface area contributed by atoms with Crippen molar-refractivity contribution in [1.82, 2.24) is 10.2 Å². The van der Waals surface area contributed by atoms with Gasteiger partial charge in [-0.15, -0.1) is 0 Å². The van der Waals surface area contributed by atoms with Crippen molar-refractivity contribution < 1.29 is 9.59 Å². The third-order valence-corrected chi connectivity index (χ3v) is 1.48. The average molecular weight is 142 g/mol. The Bertz CT molecular complexity index is 167. The number of hydrogen-bond donors (Lipinski definition) is 1. The van der Waals surface area contributed by atoms with Gasteiger partial charge in [0.15, 0.2) is 0 Å². The molecule has 0 saturated carbocycles. The zero-order valence-electron chi connectivity index (χ0n) is 6.00. The van der Waals surface area contributed by atoms with Gasteiger partial charge in [0.05, 0.1) is 6.04 Å². The summed E-state index contributed by atoms with van der Waals surface area (Å²) in [6.07, 6.45) is 0.756. The number of hydrogen-bond acceptors (Lipinski definition) is 3. The molecule has 1 amide bonds. The first-order valence-corrected chi connectivity index (χ1v) is 3.09. The van der Waals surface area contributed by atoms with E-state index >= 15 is 0 Å². The third-order valence-electron chi connectivity index (χ3n) is 1.48. The molecule has 10 heavy (non-hydrogen) atoms. The Morgan fingerprint density at radius 1 is 1.60 bits per heavy atom. The van der Waals surface area contributed by atoms with Crippen LogP contribution in [0.4, 0.5) is 0 Å². The molecule has 1 aliphatic rings. The van der Waals surface area contributed by atoms with E-state index in [9.17, 15) is 9.59 Å². The van der Waals surface area contributed by atoms with Crippen LogP contribution in [0, 0.1) is 0 Å². The second-order valence-corrected chi connectivity index (χ2v) is 2.54. The smallest absolute Gasteiger partial charge is 0.241 e. The van der Waals surface area contributed by atoms with E-state index in [2.05, 4.69) is 5.32 Å². The molecule has 1 fully saturated rings. The molecular weight excluding hydrogens is 132 g/mol. The van der Waals surface area contributed by atoms with Gasteiger partial charge in [-0.05, 0) is 0 Å². The molecule has 0 aromatic heterocycles. The molecule has 1 saturated heterocycles. The topological polar surface area (TPSA) is 59.3 Å². The first kappa shape index (κ1) is 7.21. The predicted molar refractivity (Wildman–Crippen MR) is 35.5 cm³/mol. The summed E-state index contributed by atoms with van der Waals surface area (Å²) in [5, 5.41) is 2.74. The van der Waals surface area contributed by atoms with Gasteiger partial charge in [0.25, 0.3) is 0 Å². The highest BCUT2D eigenvalue weighted by molar-refractivity contribution is 5.90. The maximum absolute atomic E-state index is 11.0. The Kier molecular flexibility index (Phi) is 1.72. The predicted octanol–water partition coefficient (Wildman–Crippen LogP) is -1.39. The average Bonchev–Trinajstić information content (AvgIpc) is 2.64. The van der Waals surface area contributed by atoms with Gasteiger partial charge in [0.1, 0.15) is 12.3 Å². The summed E-state index contributed by atoms with van der Waals surface area (Å²) in [5.41, 5.74) is 0. The highest BCUT2D eigenvalue weighted by Gasteiger charge is 2.42. The van der Waals surface area contributed by atoms with Crippen LogP contribution in [0.2, 0.25) is 0 Å². The summed E-state index contributed by atoms with van der Waals surface area (Å²) in [6.45, 7) is 0. The summed E-state index contributed by atoms with van der Waals surface area (Å²) < 4.78 is 0. The van der Waals surface area contributed by atoms with Crippen LogP contribution in [0.15, 0.2) is 0 Å². The van der Waals surface area contributed by atoms with E-state index in [1.807, 2.05) is 0 Å². The second kappa shape index (κ2) is 2.38. The molecule has 2 atom stereocenters. The summed E-state index contributed by atoms with van der Waals surface area (Å²) in [4.78, 5) is 22.5. The maximum Gasteiger partial charge on any atom is 0.241 e. The number of nitrogens with one attached hydrogen (secondary N) is 1. The molecule has 4 heteroatoms. The fourth-order valence-electron chi connectivity index (χ4n) is 0.773. The molecule has 0 bridgehead atoms. The van der Waals surface area contributed by atoms with Crippen LogP contribution >= 0.6 is 0 Å². The number of amides is 1. The van der Waals surface area contributed by atoms with E-state index in [1.165, 1.54) is 4.90 Å². The molecule has 1 heterocycles. The summed E-state index contributed by atoms with van der Waals surface area (Å²) >= 11 is 0. The summed E-state index contributed by atoms with van der Waals surface area (Å²) in [6, 6.07) is -0.498. The number of aldehydes is 1. The van der Waals surface area contributed by atoms with E-state index < -0.39 is 0 Å². The number of rotatable bonds is 2. The molecule has 56 valence electrons. The molecule has 0 spiro atoms. The Balaban J connectivity index is 2.39. The second-order valence-electron chi connectivity index (χ2n) is 2.54. The molecule has 4 nitrogen and oxygen atoms in total. The standard InChI is InChI=1S/C6H10N2O2/c1-8(2)6(10)5-4(3-9)7-5/h3-5,7H,1-2H3. The number of carbonyl (C=O) groups excluding carboxylic acids is 2. The van der Waals surface area contributed by atoms with Crippen molar-refractivity contribution in [2.45, 2.75) is 12.1 Å². The minimum atomic E-state index is -0.257. The lowest BCUT2D eigenvalue weighted by molar-refractivity contribution is -0.128. The van der Waals surface area contributed by atoms with Crippen LogP contribution in [0.1, 0.15) is 0 Å². The lowest BCUT2D eigenvalue weighted by atomic mass is 10.3. The molecule has 0 aliphatic carbocycles. The minimum Gasteiger partial charge on any atom is -0.347 e. The molecule has 0 aromatic rings. The Morgan fingerprint density at radius 3 is 2.50 bits per heavy atom. The van der Waals surface area contributed by atoms with E-state index in [4.69, 9.17) is 0 Å². The van der Waals surface area contributed by atoms with Crippen molar-refractivity contribution in [1.29, 1.82) is 0 Å². The highest BCUT2D eigenvalue weighted by atomic mass is 16.2. The number of nitrogens with zero attached hydrogens (tertiary/aromatic N) is 1. The monoisotopic (exact) mass is 142 g/mol. The lowest BCUT2D eigenvalue weighted by Crippen LogP contribution is -2.28. The van der Waals surface area contributed by atoms with E-state index in [-0.39, 0.29) is 18.0 Å². The number of carbonyl (C=O) groups is 2. The van der Waals surface area contributed by atoms with Gasteiger partial charge in [-0.1, -0.05) is 0 Å². The van der Waals surface area contributed by atoms with Crippen molar-refractivity contribution in [2.75, 3.05) is 14.1 Å². The Morgan fingerprint density at radius 2 is 2.20 bits per heavy atom. The Labute approximate surface area is 59.2 Å². The van der Waals surface area contributed by atoms with Crippen molar-refractivity contribution in [3.05, 3.63) is 0 Å². The van der Waals surface area contributed by atoms with Crippen LogP contribution in [0.3, 0.4) is 0 Å². The molecule has 1 aliphatic heterocycles. The van der Waals surface area contributed by atoms with Gasteiger partial charge in [0.2, 0.25) is 5.91 Å². The van der Waals surface area contributed by atoms with Gasteiger partial charge < -0.3 is 9.69 Å². The van der Waals surface area contributed by atoms with E-state index in [0.29, 0.717) is 0 Å². The van der Waals surface area contributed by atoms with Crippen LogP contribution in [0.5, 0.6) is 0 Å². The Hall–Kier alpha value is -0.900. The van der Waals surface area contributed by atoms with Crippen molar-refractivity contribution >= 4 is 12.2 Å². The van der Waals surface area contributed by atoms with Crippen LogP contribution < -0.4 is 5.32 Å². The molecule has 0 aromatic carbocycles. The van der Waals surface area contributed by atoms with Gasteiger partial charge in [0, 0.05) is 14.1 Å². The van der Waals surface area contributed by atoms with Gasteiger partial charge in [-0.25, -0.2) is 0 Å². The van der Waals surface area contributed by atoms with E-state index in [0.717, 1.165) is 6.29 Å². The van der Waals surface area contributed by atoms with Gasteiger partial charge in [-0.3, -0.25) is 10.1 Å². The molecule has 1 N–H and O–H groups in total. The van der Waals surface area contributed by atoms with Crippen LogP contribution in [-0.2, 0) is 9.59 Å². The van der Waals surface area contributed by atoms with Gasteiger partial charge >= 0.3 is 0 Å². The van der Waals surface area contributed by atoms with Crippen molar-refractivity contribution in [2.24, 2.45) is 0 Å². The maximum atomic E-state index is 11.0. The third kappa shape index (κ3) is 1.16. The van der Waals surface area contributed by atoms with Crippen LogP contribution in [0.25, 0.3) is 0 Å². The fourth-order valence-corrected chi connectivity index (χ4v) is 0.773. The quantitative estimate of drug-likeness (QED) is 0.381. The summed E-state index contributed by atoms with van der Waals surface area (Å²) in [7, 11) is 3.34. The van der Waals surface area contributed by atoms with Gasteiger partial charge in [-0.2, -0.15) is 0 Å². The molecule has 1 rings (SSSR count). The molecule has 0 radical (unpaired) electrons. The SMILES string of the molecule is CN(C)C(=O)C1NC1C=O. The first-order chi connectivity index (χ1) is 4.66. The zero-order chi connectivity index (χ0) is 7.72. The van der Waals surface area contributed by atoms with E-state index in [1.54, 1.807) is 14.1 Å². The lowest BCUT2D eigenvalue weighted by Gasteiger charge is -2.06. The first-order valence-electron chi connectivity index (χ1n) is 3.09. The highest BCUT2D eigenvalue weighted by Crippen LogP contribution is 2.09. The largest absolute Gasteiger partial charge is 0.347 e. The normalized spacial score (nSPS) is 29.4. The molecular formula is C6H10N2O2. The minimum absolute atomic E-state index is 0.0305. The van der Waals surface area contributed by atoms with Crippen LogP contribution in [-0.4, -0.2) is 43.3 Å².